The molecule has 2 aromatic carbocycles. The number of nitrogens with one attached hydrogen (secondary N) is 2. The van der Waals surface area contributed by atoms with E-state index in [4.69, 9.17) is 0 Å². The number of hydrogen-bond acceptors (Lipinski definition) is 3. The van der Waals surface area contributed by atoms with E-state index < -0.39 is 5.41 Å². The molecule has 4 nitrogen and oxygen atoms in total. The third-order valence-corrected chi connectivity index (χ3v) is 4.73. The maximum atomic E-state index is 12.6. The van der Waals surface area contributed by atoms with Crippen molar-refractivity contribution in [3.05, 3.63) is 84.7 Å². The first-order valence-electron chi connectivity index (χ1n) is 8.40. The molecule has 0 spiro atoms. The van der Waals surface area contributed by atoms with Crippen molar-refractivity contribution in [2.45, 2.75) is 18.3 Å². The normalized spacial score (nSPS) is 14.6. The minimum absolute atomic E-state index is 0.00540. The summed E-state index contributed by atoms with van der Waals surface area (Å²) in [5.74, 6) is 0.00540. The van der Waals surface area contributed by atoms with Crippen molar-refractivity contribution < 1.29 is 4.79 Å². The molecule has 4 heteroatoms. The van der Waals surface area contributed by atoms with Gasteiger partial charge < -0.3 is 0 Å². The van der Waals surface area contributed by atoms with Crippen LogP contribution in [-0.2, 0) is 10.2 Å². The number of pyridine rings is 1. The lowest BCUT2D eigenvalue weighted by Crippen LogP contribution is -2.38. The van der Waals surface area contributed by atoms with Gasteiger partial charge in [0, 0.05) is 12.4 Å². The van der Waals surface area contributed by atoms with Crippen LogP contribution in [0.2, 0.25) is 0 Å². The summed E-state index contributed by atoms with van der Waals surface area (Å²) in [7, 11) is 0. The number of carbonyl (C=O) groups is 1. The van der Waals surface area contributed by atoms with Crippen LogP contribution in [0.15, 0.2) is 79.1 Å². The molecule has 0 radical (unpaired) electrons. The van der Waals surface area contributed by atoms with E-state index in [1.54, 1.807) is 12.4 Å². The van der Waals surface area contributed by atoms with Crippen LogP contribution in [0.3, 0.4) is 0 Å². The number of hydrazine groups is 1. The number of anilines is 1. The van der Waals surface area contributed by atoms with Gasteiger partial charge >= 0.3 is 0 Å². The monoisotopic (exact) mass is 329 g/mol. The fraction of sp³-hybridized carbons (Fsp3) is 0.143. The van der Waals surface area contributed by atoms with Gasteiger partial charge in [0.1, 0.15) is 0 Å². The summed E-state index contributed by atoms with van der Waals surface area (Å²) in [5, 5.41) is 0. The highest BCUT2D eigenvalue weighted by Crippen LogP contribution is 2.48. The van der Waals surface area contributed by atoms with E-state index in [1.165, 1.54) is 5.56 Å². The van der Waals surface area contributed by atoms with Crippen LogP contribution in [0.25, 0.3) is 11.1 Å². The Morgan fingerprint density at radius 3 is 2.12 bits per heavy atom. The number of rotatable bonds is 5. The summed E-state index contributed by atoms with van der Waals surface area (Å²) in [5.41, 5.74) is 9.68. The zero-order valence-corrected chi connectivity index (χ0v) is 13.8. The molecule has 1 amide bonds. The highest BCUT2D eigenvalue weighted by Gasteiger charge is 2.51. The molecule has 4 rings (SSSR count). The van der Waals surface area contributed by atoms with E-state index in [0.29, 0.717) is 0 Å². The first kappa shape index (κ1) is 15.4. The Kier molecular flexibility index (Phi) is 3.94. The summed E-state index contributed by atoms with van der Waals surface area (Å²) >= 11 is 0. The summed E-state index contributed by atoms with van der Waals surface area (Å²) in [6, 6.07) is 22.1. The van der Waals surface area contributed by atoms with E-state index in [9.17, 15) is 4.79 Å². The second-order valence-corrected chi connectivity index (χ2v) is 6.34. The first-order chi connectivity index (χ1) is 12.3. The molecule has 1 aliphatic rings. The van der Waals surface area contributed by atoms with E-state index >= 15 is 0 Å². The number of hydrogen-bond donors (Lipinski definition) is 2. The minimum Gasteiger partial charge on any atom is -0.299 e. The van der Waals surface area contributed by atoms with Crippen molar-refractivity contribution in [3.8, 4) is 11.1 Å². The highest BCUT2D eigenvalue weighted by atomic mass is 16.2. The smallest absolute Gasteiger partial charge is 0.248 e. The fourth-order valence-electron chi connectivity index (χ4n) is 3.07. The second kappa shape index (κ2) is 6.40. The molecule has 1 fully saturated rings. The average molecular weight is 329 g/mol. The van der Waals surface area contributed by atoms with Gasteiger partial charge in [-0.15, -0.1) is 0 Å². The van der Waals surface area contributed by atoms with Gasteiger partial charge in [-0.25, -0.2) is 0 Å². The van der Waals surface area contributed by atoms with Crippen LogP contribution < -0.4 is 10.9 Å². The first-order valence-corrected chi connectivity index (χ1v) is 8.40. The number of benzene rings is 2. The molecule has 0 unspecified atom stereocenters. The van der Waals surface area contributed by atoms with E-state index in [1.807, 2.05) is 54.6 Å². The summed E-state index contributed by atoms with van der Waals surface area (Å²) in [6.07, 6.45) is 5.21. The molecular formula is C21H19N3O. The van der Waals surface area contributed by atoms with E-state index in [0.717, 1.165) is 29.7 Å². The van der Waals surface area contributed by atoms with Gasteiger partial charge in [0.2, 0.25) is 5.91 Å². The SMILES string of the molecule is O=C(NNc1ccc(-c2ccccc2)cc1)C1(c2ccncc2)CC1. The van der Waals surface area contributed by atoms with Gasteiger partial charge in [0.15, 0.2) is 0 Å². The van der Waals surface area contributed by atoms with Crippen LogP contribution in [0, 0.1) is 0 Å². The van der Waals surface area contributed by atoms with Crippen molar-refractivity contribution in [2.24, 2.45) is 0 Å². The predicted octanol–water partition coefficient (Wildman–Crippen LogP) is 3.92. The van der Waals surface area contributed by atoms with Crippen LogP contribution in [0.1, 0.15) is 18.4 Å². The fourth-order valence-corrected chi connectivity index (χ4v) is 3.07. The standard InChI is InChI=1S/C21H19N3O/c25-20(21(12-13-21)18-10-14-22-15-11-18)24-23-19-8-6-17(7-9-19)16-4-2-1-3-5-16/h1-11,14-15,23H,12-13H2,(H,24,25). The molecular weight excluding hydrogens is 310 g/mol. The van der Waals surface area contributed by atoms with Gasteiger partial charge in [-0.2, -0.15) is 0 Å². The minimum atomic E-state index is -0.403. The molecule has 0 bridgehead atoms. The molecule has 0 atom stereocenters. The van der Waals surface area contributed by atoms with Crippen LogP contribution in [0.5, 0.6) is 0 Å². The summed E-state index contributed by atoms with van der Waals surface area (Å²) in [6.45, 7) is 0. The zero-order valence-electron chi connectivity index (χ0n) is 13.8. The zero-order chi connectivity index (χ0) is 17.1. The lowest BCUT2D eigenvalue weighted by Gasteiger charge is -2.16. The summed E-state index contributed by atoms with van der Waals surface area (Å²) in [4.78, 5) is 16.6. The molecule has 0 aliphatic heterocycles. The molecule has 25 heavy (non-hydrogen) atoms. The Morgan fingerprint density at radius 2 is 1.48 bits per heavy atom. The molecule has 1 aromatic heterocycles. The Bertz CT molecular complexity index is 857. The number of nitrogens with zero attached hydrogens (tertiary/aromatic N) is 1. The third kappa shape index (κ3) is 3.11. The number of carbonyl (C=O) groups excluding carboxylic acids is 1. The summed E-state index contributed by atoms with van der Waals surface area (Å²) < 4.78 is 0. The molecule has 3 aromatic rings. The highest BCUT2D eigenvalue weighted by molar-refractivity contribution is 5.92. The Labute approximate surface area is 146 Å². The van der Waals surface area contributed by atoms with Crippen molar-refractivity contribution in [1.82, 2.24) is 10.4 Å². The Morgan fingerprint density at radius 1 is 0.840 bits per heavy atom. The second-order valence-electron chi connectivity index (χ2n) is 6.34. The van der Waals surface area contributed by atoms with Crippen molar-refractivity contribution >= 4 is 11.6 Å². The quantitative estimate of drug-likeness (QED) is 0.698. The number of aromatic nitrogens is 1. The lowest BCUT2D eigenvalue weighted by atomic mass is 9.96. The van der Waals surface area contributed by atoms with Crippen LogP contribution in [-0.4, -0.2) is 10.9 Å². The van der Waals surface area contributed by atoms with Crippen LogP contribution in [0.4, 0.5) is 5.69 Å². The van der Waals surface area contributed by atoms with Crippen LogP contribution >= 0.6 is 0 Å². The Balaban J connectivity index is 1.41. The van der Waals surface area contributed by atoms with Gasteiger partial charge in [-0.05, 0) is 53.8 Å². The molecule has 0 saturated heterocycles. The lowest BCUT2D eigenvalue weighted by molar-refractivity contribution is -0.123. The molecule has 1 heterocycles. The van der Waals surface area contributed by atoms with Gasteiger partial charge in [-0.1, -0.05) is 42.5 Å². The Hall–Kier alpha value is -3.14. The largest absolute Gasteiger partial charge is 0.299 e. The maximum Gasteiger partial charge on any atom is 0.248 e. The molecule has 1 aliphatic carbocycles. The molecule has 1 saturated carbocycles. The number of amides is 1. The van der Waals surface area contributed by atoms with E-state index in [2.05, 4.69) is 28.0 Å². The van der Waals surface area contributed by atoms with Gasteiger partial charge in [0.05, 0.1) is 11.1 Å². The van der Waals surface area contributed by atoms with E-state index in [-0.39, 0.29) is 5.91 Å². The van der Waals surface area contributed by atoms with Crippen molar-refractivity contribution in [3.63, 3.8) is 0 Å². The third-order valence-electron chi connectivity index (χ3n) is 4.73. The molecule has 124 valence electrons. The topological polar surface area (TPSA) is 54.0 Å². The molecule has 2 N–H and O–H groups in total. The van der Waals surface area contributed by atoms with Crippen molar-refractivity contribution in [2.75, 3.05) is 5.43 Å². The van der Waals surface area contributed by atoms with Gasteiger partial charge in [-0.3, -0.25) is 20.6 Å². The van der Waals surface area contributed by atoms with Gasteiger partial charge in [0.25, 0.3) is 0 Å². The average Bonchev–Trinajstić information content (AvgIpc) is 3.50. The predicted molar refractivity (Wildman–Crippen MR) is 98.8 cm³/mol. The van der Waals surface area contributed by atoms with Crippen molar-refractivity contribution in [1.29, 1.82) is 0 Å². The maximum absolute atomic E-state index is 12.6.